The summed E-state index contributed by atoms with van der Waals surface area (Å²) >= 11 is 1.34. The molecule has 6 heteroatoms. The van der Waals surface area contributed by atoms with Gasteiger partial charge in [-0.2, -0.15) is 0 Å². The van der Waals surface area contributed by atoms with Crippen molar-refractivity contribution in [2.75, 3.05) is 5.32 Å². The number of benzene rings is 1. The maximum atomic E-state index is 12.2. The number of carbonyl (C=O) groups excluding carboxylic acids is 2. The Labute approximate surface area is 151 Å². The summed E-state index contributed by atoms with van der Waals surface area (Å²) in [5.41, 5.74) is 1.28. The van der Waals surface area contributed by atoms with E-state index in [9.17, 15) is 9.59 Å². The molecule has 0 radical (unpaired) electrons. The lowest BCUT2D eigenvalue weighted by atomic mass is 9.87. The quantitative estimate of drug-likeness (QED) is 0.858. The van der Waals surface area contributed by atoms with Crippen LogP contribution in [0.2, 0.25) is 0 Å². The smallest absolute Gasteiger partial charge is 0.257 e. The van der Waals surface area contributed by atoms with E-state index in [1.54, 1.807) is 12.1 Å². The highest BCUT2D eigenvalue weighted by Crippen LogP contribution is 2.23. The first-order valence-corrected chi connectivity index (χ1v) is 9.58. The molecule has 5 nitrogen and oxygen atoms in total. The maximum Gasteiger partial charge on any atom is 0.257 e. The number of carbonyl (C=O) groups is 2. The summed E-state index contributed by atoms with van der Waals surface area (Å²) in [6, 6.07) is 9.30. The summed E-state index contributed by atoms with van der Waals surface area (Å²) in [4.78, 5) is 28.6. The first kappa shape index (κ1) is 17.6. The Kier molecular flexibility index (Phi) is 5.81. The predicted molar refractivity (Wildman–Crippen MR) is 99.8 cm³/mol. The van der Waals surface area contributed by atoms with Crippen LogP contribution in [-0.4, -0.2) is 22.8 Å². The first-order valence-electron chi connectivity index (χ1n) is 8.70. The zero-order valence-corrected chi connectivity index (χ0v) is 15.1. The zero-order valence-electron chi connectivity index (χ0n) is 14.3. The minimum absolute atomic E-state index is 0.00536. The average molecular weight is 357 g/mol. The van der Waals surface area contributed by atoms with Crippen molar-refractivity contribution in [1.82, 2.24) is 10.3 Å². The second-order valence-corrected chi connectivity index (χ2v) is 7.52. The van der Waals surface area contributed by atoms with Gasteiger partial charge in [0.15, 0.2) is 5.13 Å². The number of rotatable bonds is 5. The molecule has 0 aliphatic heterocycles. The normalized spacial score (nSPS) is 20.0. The van der Waals surface area contributed by atoms with Gasteiger partial charge in [0.2, 0.25) is 5.91 Å². The van der Waals surface area contributed by atoms with Crippen LogP contribution in [-0.2, 0) is 11.2 Å². The van der Waals surface area contributed by atoms with Gasteiger partial charge < -0.3 is 5.32 Å². The van der Waals surface area contributed by atoms with Crippen molar-refractivity contribution < 1.29 is 9.59 Å². The van der Waals surface area contributed by atoms with Gasteiger partial charge in [-0.3, -0.25) is 14.9 Å². The van der Waals surface area contributed by atoms with Crippen LogP contribution in [0.4, 0.5) is 5.13 Å². The molecule has 0 atom stereocenters. The third-order valence-corrected chi connectivity index (χ3v) is 5.34. The average Bonchev–Trinajstić information content (AvgIpc) is 3.04. The van der Waals surface area contributed by atoms with Crippen LogP contribution < -0.4 is 10.6 Å². The molecule has 1 aliphatic carbocycles. The van der Waals surface area contributed by atoms with E-state index in [1.165, 1.54) is 24.2 Å². The summed E-state index contributed by atoms with van der Waals surface area (Å²) in [5, 5.41) is 8.22. The fourth-order valence-corrected chi connectivity index (χ4v) is 3.76. The molecular weight excluding hydrogens is 334 g/mol. The van der Waals surface area contributed by atoms with Gasteiger partial charge in [-0.05, 0) is 43.7 Å². The number of hydrogen-bond acceptors (Lipinski definition) is 4. The minimum atomic E-state index is -0.192. The van der Waals surface area contributed by atoms with E-state index in [2.05, 4.69) is 22.5 Å². The highest BCUT2D eigenvalue weighted by Gasteiger charge is 2.20. The lowest BCUT2D eigenvalue weighted by molar-refractivity contribution is -0.121. The number of amides is 2. The van der Waals surface area contributed by atoms with Crippen molar-refractivity contribution in [1.29, 1.82) is 0 Å². The van der Waals surface area contributed by atoms with E-state index in [0.717, 1.165) is 18.8 Å². The molecule has 2 N–H and O–H groups in total. The maximum absolute atomic E-state index is 12.2. The molecule has 0 unspecified atom stereocenters. The number of thiazole rings is 1. The molecule has 2 amide bonds. The molecule has 2 aromatic rings. The Balaban J connectivity index is 1.49. The van der Waals surface area contributed by atoms with Crippen LogP contribution in [0.1, 0.15) is 48.7 Å². The van der Waals surface area contributed by atoms with Crippen LogP contribution in [0.15, 0.2) is 35.7 Å². The van der Waals surface area contributed by atoms with Crippen molar-refractivity contribution in [3.63, 3.8) is 0 Å². The molecule has 0 saturated heterocycles. The summed E-state index contributed by atoms with van der Waals surface area (Å²) in [5.74, 6) is 0.579. The molecule has 1 aliphatic rings. The molecule has 132 valence electrons. The van der Waals surface area contributed by atoms with E-state index in [0.29, 0.717) is 22.4 Å². The van der Waals surface area contributed by atoms with Crippen molar-refractivity contribution >= 4 is 28.3 Å². The Bertz CT molecular complexity index is 721. The fourth-order valence-electron chi connectivity index (χ4n) is 3.05. The van der Waals surface area contributed by atoms with Crippen molar-refractivity contribution in [2.45, 2.75) is 45.1 Å². The number of nitrogens with one attached hydrogen (secondary N) is 2. The summed E-state index contributed by atoms with van der Waals surface area (Å²) in [6.45, 7) is 2.26. The monoisotopic (exact) mass is 357 g/mol. The van der Waals surface area contributed by atoms with Gasteiger partial charge in [0, 0.05) is 17.0 Å². The molecule has 1 fully saturated rings. The van der Waals surface area contributed by atoms with Gasteiger partial charge in [-0.15, -0.1) is 11.3 Å². The van der Waals surface area contributed by atoms with Gasteiger partial charge in [0.25, 0.3) is 5.91 Å². The number of aromatic nitrogens is 1. The summed E-state index contributed by atoms with van der Waals surface area (Å²) in [7, 11) is 0. The molecule has 0 bridgehead atoms. The number of hydrogen-bond donors (Lipinski definition) is 2. The van der Waals surface area contributed by atoms with Gasteiger partial charge in [0.1, 0.15) is 0 Å². The van der Waals surface area contributed by atoms with E-state index < -0.39 is 0 Å². The van der Waals surface area contributed by atoms with Crippen molar-refractivity contribution in [2.24, 2.45) is 5.92 Å². The molecule has 1 aromatic carbocycles. The lowest BCUT2D eigenvalue weighted by Gasteiger charge is -2.26. The number of anilines is 1. The highest BCUT2D eigenvalue weighted by molar-refractivity contribution is 7.14. The fraction of sp³-hybridized carbons (Fsp3) is 0.421. The lowest BCUT2D eigenvalue weighted by Crippen LogP contribution is -2.38. The van der Waals surface area contributed by atoms with E-state index in [4.69, 9.17) is 0 Å². The topological polar surface area (TPSA) is 71.1 Å². The Morgan fingerprint density at radius 1 is 1.16 bits per heavy atom. The van der Waals surface area contributed by atoms with Crippen molar-refractivity contribution in [3.8, 4) is 0 Å². The van der Waals surface area contributed by atoms with Crippen molar-refractivity contribution in [3.05, 3.63) is 47.0 Å². The van der Waals surface area contributed by atoms with Gasteiger partial charge in [-0.1, -0.05) is 25.1 Å². The third-order valence-electron chi connectivity index (χ3n) is 4.53. The largest absolute Gasteiger partial charge is 0.353 e. The molecule has 1 aromatic heterocycles. The number of nitrogens with zero attached hydrogens (tertiary/aromatic N) is 1. The molecule has 0 spiro atoms. The van der Waals surface area contributed by atoms with E-state index in [1.807, 2.05) is 23.6 Å². The van der Waals surface area contributed by atoms with Gasteiger partial charge in [-0.25, -0.2) is 4.98 Å². The second-order valence-electron chi connectivity index (χ2n) is 6.67. The Morgan fingerprint density at radius 2 is 1.88 bits per heavy atom. The van der Waals surface area contributed by atoms with Crippen LogP contribution in [0.3, 0.4) is 0 Å². The summed E-state index contributed by atoms with van der Waals surface area (Å²) < 4.78 is 0. The van der Waals surface area contributed by atoms with E-state index in [-0.39, 0.29) is 18.2 Å². The van der Waals surface area contributed by atoms with Crippen LogP contribution in [0, 0.1) is 5.92 Å². The summed E-state index contributed by atoms with van der Waals surface area (Å²) in [6.07, 6.45) is 4.73. The Hall–Kier alpha value is -2.21. The van der Waals surface area contributed by atoms with Crippen LogP contribution in [0.5, 0.6) is 0 Å². The molecular formula is C19H23N3O2S. The standard InChI is InChI=1S/C19H23N3O2S/c1-13-7-9-15(10-8-13)20-17(23)11-16-12-25-19(21-16)22-18(24)14-5-3-2-4-6-14/h2-6,12-13,15H,7-11H2,1H3,(H,20,23)(H,21,22,24). The van der Waals surface area contributed by atoms with Gasteiger partial charge >= 0.3 is 0 Å². The molecule has 25 heavy (non-hydrogen) atoms. The Morgan fingerprint density at radius 3 is 2.60 bits per heavy atom. The first-order chi connectivity index (χ1) is 12.1. The minimum Gasteiger partial charge on any atom is -0.353 e. The van der Waals surface area contributed by atoms with Crippen LogP contribution in [0.25, 0.3) is 0 Å². The third kappa shape index (κ3) is 5.13. The van der Waals surface area contributed by atoms with Crippen LogP contribution >= 0.6 is 11.3 Å². The predicted octanol–water partition coefficient (Wildman–Crippen LogP) is 3.63. The SMILES string of the molecule is CC1CCC(NC(=O)Cc2csc(NC(=O)c3ccccc3)n2)CC1. The molecule has 3 rings (SSSR count). The molecule has 1 saturated carbocycles. The molecule has 1 heterocycles. The van der Waals surface area contributed by atoms with E-state index >= 15 is 0 Å². The highest BCUT2D eigenvalue weighted by atomic mass is 32.1. The second kappa shape index (κ2) is 8.25. The van der Waals surface area contributed by atoms with Gasteiger partial charge in [0.05, 0.1) is 12.1 Å². The zero-order chi connectivity index (χ0) is 17.6.